The Morgan fingerprint density at radius 3 is 1.25 bits per heavy atom. The molecule has 2 unspecified atom stereocenters. The van der Waals surface area contributed by atoms with Gasteiger partial charge in [0.1, 0.15) is 13.2 Å². The summed E-state index contributed by atoms with van der Waals surface area (Å²) in [5, 5.41) is 9.67. The molecule has 0 saturated heterocycles. The summed E-state index contributed by atoms with van der Waals surface area (Å²) in [5.74, 6) is -2.05. The molecule has 2 atom stereocenters. The topological polar surface area (TPSA) is 108 Å². The molecule has 0 spiro atoms. The zero-order chi connectivity index (χ0) is 49.9. The molecule has 0 aliphatic rings. The Labute approximate surface area is 416 Å². The van der Waals surface area contributed by atoms with Crippen molar-refractivity contribution in [2.45, 2.75) is 212 Å². The summed E-state index contributed by atoms with van der Waals surface area (Å²) >= 11 is 0. The quantitative estimate of drug-likeness (QED) is 0.0211. The fraction of sp³-hybridized carbons (Fsp3) is 0.678. The first-order valence-corrected chi connectivity index (χ1v) is 26.9. The highest BCUT2D eigenvalue weighted by atomic mass is 16.7. The first-order valence-electron chi connectivity index (χ1n) is 26.9. The van der Waals surface area contributed by atoms with E-state index in [0.717, 1.165) is 96.3 Å². The van der Waals surface area contributed by atoms with Gasteiger partial charge in [0.25, 0.3) is 6.29 Å². The number of unbranched alkanes of at least 4 members (excludes halogenated alkanes) is 17. The molecule has 388 valence electrons. The fourth-order valence-electron chi connectivity index (χ4n) is 6.97. The van der Waals surface area contributed by atoms with Crippen LogP contribution in [0.25, 0.3) is 0 Å². The lowest BCUT2D eigenvalue weighted by molar-refractivity contribution is -0.870. The van der Waals surface area contributed by atoms with Crippen LogP contribution in [0, 0.1) is 0 Å². The van der Waals surface area contributed by atoms with Crippen LogP contribution in [0.1, 0.15) is 200 Å². The average molecular weight is 951 g/mol. The molecule has 0 rings (SSSR count). The van der Waals surface area contributed by atoms with Gasteiger partial charge in [0.15, 0.2) is 6.10 Å². The van der Waals surface area contributed by atoms with Gasteiger partial charge in [0.05, 0.1) is 34.4 Å². The molecule has 0 aromatic rings. The van der Waals surface area contributed by atoms with Crippen molar-refractivity contribution in [2.75, 3.05) is 47.5 Å². The van der Waals surface area contributed by atoms with Gasteiger partial charge in [0.2, 0.25) is 0 Å². The Kier molecular flexibility index (Phi) is 46.9. The third-order valence-corrected chi connectivity index (χ3v) is 11.1. The summed E-state index contributed by atoms with van der Waals surface area (Å²) in [5.41, 5.74) is 0. The molecule has 0 amide bonds. The summed E-state index contributed by atoms with van der Waals surface area (Å²) in [6.45, 7) is 4.72. The number of hydrogen-bond acceptors (Lipinski definition) is 7. The number of nitrogens with zero attached hydrogens (tertiary/aromatic N) is 1. The number of aliphatic carboxylic acids is 1. The SMILES string of the molecule is CC/C=C\C/C=C\C/C=C\C/C=C\C/C=C\C/C=C\C/C=C\C/C=C\CCCCCCC(=O)OC(COC(=O)CCCCCCCCCCCCCCCC)COC(OCC[N+](C)(C)C)C(=O)O. The molecule has 0 heterocycles. The molecule has 68 heavy (non-hydrogen) atoms. The largest absolute Gasteiger partial charge is 0.477 e. The molecule has 0 fully saturated rings. The lowest BCUT2D eigenvalue weighted by Crippen LogP contribution is -2.40. The normalized spacial score (nSPS) is 13.6. The van der Waals surface area contributed by atoms with Crippen LogP contribution in [0.15, 0.2) is 97.2 Å². The second kappa shape index (κ2) is 49.6. The van der Waals surface area contributed by atoms with Gasteiger partial charge in [-0.25, -0.2) is 4.79 Å². The highest BCUT2D eigenvalue weighted by molar-refractivity contribution is 5.71. The number of hydrogen-bond donors (Lipinski definition) is 1. The average Bonchev–Trinajstić information content (AvgIpc) is 3.30. The van der Waals surface area contributed by atoms with Crippen LogP contribution < -0.4 is 0 Å². The molecule has 0 aliphatic carbocycles. The number of rotatable bonds is 48. The minimum absolute atomic E-state index is 0.178. The minimum atomic E-state index is -1.52. The van der Waals surface area contributed by atoms with E-state index >= 15 is 0 Å². The van der Waals surface area contributed by atoms with E-state index in [0.29, 0.717) is 23.9 Å². The number of esters is 2. The summed E-state index contributed by atoms with van der Waals surface area (Å²) in [6.07, 6.45) is 63.3. The first-order chi connectivity index (χ1) is 33.1. The van der Waals surface area contributed by atoms with Crippen LogP contribution in [0.2, 0.25) is 0 Å². The van der Waals surface area contributed by atoms with Crippen molar-refractivity contribution < 1.29 is 42.9 Å². The highest BCUT2D eigenvalue weighted by Gasteiger charge is 2.25. The van der Waals surface area contributed by atoms with Gasteiger partial charge in [-0.2, -0.15) is 0 Å². The molecule has 0 bridgehead atoms. The van der Waals surface area contributed by atoms with E-state index in [1.54, 1.807) is 0 Å². The Hall–Kier alpha value is -3.79. The highest BCUT2D eigenvalue weighted by Crippen LogP contribution is 2.15. The van der Waals surface area contributed by atoms with E-state index in [2.05, 4.69) is 111 Å². The van der Waals surface area contributed by atoms with Gasteiger partial charge in [-0.3, -0.25) is 9.59 Å². The van der Waals surface area contributed by atoms with Crippen molar-refractivity contribution in [1.82, 2.24) is 0 Å². The number of carboxylic acids is 1. The van der Waals surface area contributed by atoms with Crippen molar-refractivity contribution >= 4 is 17.9 Å². The zero-order valence-electron chi connectivity index (χ0n) is 44.0. The molecule has 0 aromatic heterocycles. The Balaban J connectivity index is 4.36. The molecule has 9 heteroatoms. The summed E-state index contributed by atoms with van der Waals surface area (Å²) in [4.78, 5) is 37.3. The van der Waals surface area contributed by atoms with E-state index in [9.17, 15) is 19.5 Å². The van der Waals surface area contributed by atoms with Gasteiger partial charge in [-0.15, -0.1) is 0 Å². The van der Waals surface area contributed by atoms with Crippen LogP contribution in [-0.4, -0.2) is 87.4 Å². The van der Waals surface area contributed by atoms with Gasteiger partial charge < -0.3 is 28.5 Å². The second-order valence-corrected chi connectivity index (χ2v) is 18.8. The smallest absolute Gasteiger partial charge is 0.361 e. The van der Waals surface area contributed by atoms with Crippen LogP contribution in [-0.2, 0) is 33.3 Å². The van der Waals surface area contributed by atoms with Crippen LogP contribution in [0.5, 0.6) is 0 Å². The van der Waals surface area contributed by atoms with Crippen molar-refractivity contribution in [1.29, 1.82) is 0 Å². The van der Waals surface area contributed by atoms with E-state index in [4.69, 9.17) is 18.9 Å². The second-order valence-electron chi connectivity index (χ2n) is 18.8. The number of likely N-dealkylation sites (N-methyl/N-ethyl adjacent to an activating group) is 1. The van der Waals surface area contributed by atoms with E-state index in [-0.39, 0.29) is 32.2 Å². The van der Waals surface area contributed by atoms with Crippen LogP contribution in [0.3, 0.4) is 0 Å². The summed E-state index contributed by atoms with van der Waals surface area (Å²) in [7, 11) is 5.95. The van der Waals surface area contributed by atoms with E-state index in [1.807, 2.05) is 21.1 Å². The van der Waals surface area contributed by atoms with Crippen molar-refractivity contribution in [3.63, 3.8) is 0 Å². The van der Waals surface area contributed by atoms with Gasteiger partial charge in [0, 0.05) is 12.8 Å². The number of quaternary nitrogens is 1. The number of carboxylic acid groups (broad SMARTS) is 1. The third-order valence-electron chi connectivity index (χ3n) is 11.1. The van der Waals surface area contributed by atoms with Crippen LogP contribution in [0.4, 0.5) is 0 Å². The molecule has 0 saturated carbocycles. The van der Waals surface area contributed by atoms with Crippen molar-refractivity contribution in [2.24, 2.45) is 0 Å². The molecule has 0 radical (unpaired) electrons. The molecule has 0 aliphatic heterocycles. The number of ether oxygens (including phenoxy) is 4. The van der Waals surface area contributed by atoms with Gasteiger partial charge >= 0.3 is 17.9 Å². The van der Waals surface area contributed by atoms with E-state index < -0.39 is 24.3 Å². The minimum Gasteiger partial charge on any atom is -0.477 e. The first kappa shape index (κ1) is 64.2. The molecule has 9 nitrogen and oxygen atoms in total. The predicted molar refractivity (Wildman–Crippen MR) is 285 cm³/mol. The summed E-state index contributed by atoms with van der Waals surface area (Å²) in [6, 6.07) is 0. The number of allylic oxidation sites excluding steroid dienone is 16. The van der Waals surface area contributed by atoms with Crippen LogP contribution >= 0.6 is 0 Å². The molecule has 1 N–H and O–H groups in total. The maximum Gasteiger partial charge on any atom is 0.361 e. The molecular formula is C59H100NO8+. The van der Waals surface area contributed by atoms with Gasteiger partial charge in [-0.1, -0.05) is 207 Å². The Morgan fingerprint density at radius 1 is 0.456 bits per heavy atom. The predicted octanol–water partition coefficient (Wildman–Crippen LogP) is 15.4. The van der Waals surface area contributed by atoms with Crippen molar-refractivity contribution in [3.05, 3.63) is 97.2 Å². The van der Waals surface area contributed by atoms with Crippen molar-refractivity contribution in [3.8, 4) is 0 Å². The standard InChI is InChI=1S/C59H99NO8/c1-6-8-10-12-14-16-18-20-22-23-24-25-26-27-28-29-30-31-32-33-34-35-36-38-40-42-44-46-48-50-57(62)68-55(54-67-59(58(63)64)65-52-51-60(3,4)5)53-66-56(61)49-47-45-43-41-39-37-21-19-17-15-13-11-9-7-2/h8,10,14,16,20,22,24-25,27-28,30-31,33-34,36,38,55,59H,6-7,9,11-13,15,17-19,21,23,26,29,32,35,37,39-54H2,1-5H3/p+1/b10-8-,16-14-,22-20-,25-24-,28-27-,31-30-,34-33-,38-36-. The Morgan fingerprint density at radius 2 is 0.838 bits per heavy atom. The third kappa shape index (κ3) is 50.1. The number of carbonyl (C=O) groups excluding carboxylic acids is 2. The Bertz CT molecular complexity index is 1430. The molecule has 0 aromatic carbocycles. The fourth-order valence-corrected chi connectivity index (χ4v) is 6.97. The zero-order valence-corrected chi connectivity index (χ0v) is 44.0. The monoisotopic (exact) mass is 951 g/mol. The molecular weight excluding hydrogens is 851 g/mol. The maximum atomic E-state index is 12.8. The lowest BCUT2D eigenvalue weighted by atomic mass is 10.0. The maximum absolute atomic E-state index is 12.8. The lowest BCUT2D eigenvalue weighted by Gasteiger charge is -2.25. The number of carbonyl (C=O) groups is 3. The summed E-state index contributed by atoms with van der Waals surface area (Å²) < 4.78 is 22.8. The van der Waals surface area contributed by atoms with Gasteiger partial charge in [-0.05, 0) is 77.0 Å². The van der Waals surface area contributed by atoms with E-state index in [1.165, 1.54) is 70.6 Å².